The quantitative estimate of drug-likeness (QED) is 0.449. The molecule has 0 aliphatic carbocycles. The molecule has 3 aromatic rings. The van der Waals surface area contributed by atoms with Crippen LogP contribution in [-0.4, -0.2) is 40.5 Å². The number of ether oxygens (including phenoxy) is 2. The Balaban J connectivity index is 1.87. The zero-order valence-electron chi connectivity index (χ0n) is 18.3. The molecule has 0 heterocycles. The van der Waals surface area contributed by atoms with E-state index in [9.17, 15) is 27.2 Å². The van der Waals surface area contributed by atoms with Crippen molar-refractivity contribution in [3.05, 3.63) is 88.2 Å². The van der Waals surface area contributed by atoms with Gasteiger partial charge >= 0.3 is 11.9 Å². The van der Waals surface area contributed by atoms with E-state index in [4.69, 9.17) is 11.6 Å². The van der Waals surface area contributed by atoms with Gasteiger partial charge in [0.2, 0.25) is 0 Å². The first kappa shape index (κ1) is 25.7. The third-order valence-corrected chi connectivity index (χ3v) is 6.26. The highest BCUT2D eigenvalue weighted by Crippen LogP contribution is 2.24. The molecule has 0 fully saturated rings. The molecule has 0 saturated heterocycles. The Morgan fingerprint density at radius 3 is 1.91 bits per heavy atom. The van der Waals surface area contributed by atoms with Gasteiger partial charge in [0.25, 0.3) is 15.9 Å². The second-order valence-electron chi connectivity index (χ2n) is 6.99. The van der Waals surface area contributed by atoms with Crippen molar-refractivity contribution in [2.75, 3.05) is 24.3 Å². The van der Waals surface area contributed by atoms with Crippen LogP contribution in [0, 0.1) is 5.82 Å². The second-order valence-corrected chi connectivity index (χ2v) is 9.11. The molecule has 35 heavy (non-hydrogen) atoms. The fraction of sp³-hybridized carbons (Fsp3) is 0.0870. The number of amides is 1. The van der Waals surface area contributed by atoms with E-state index in [1.165, 1.54) is 30.3 Å². The van der Waals surface area contributed by atoms with Crippen molar-refractivity contribution >= 4 is 50.8 Å². The lowest BCUT2D eigenvalue weighted by Gasteiger charge is -2.12. The van der Waals surface area contributed by atoms with Crippen LogP contribution in [0.25, 0.3) is 0 Å². The molecule has 0 spiro atoms. The molecule has 0 saturated carbocycles. The molecule has 3 aromatic carbocycles. The zero-order chi connectivity index (χ0) is 25.8. The van der Waals surface area contributed by atoms with Crippen molar-refractivity contribution in [2.24, 2.45) is 0 Å². The number of hydrogen-bond donors (Lipinski definition) is 2. The molecule has 1 amide bonds. The summed E-state index contributed by atoms with van der Waals surface area (Å²) in [6.45, 7) is 0. The van der Waals surface area contributed by atoms with E-state index in [1.54, 1.807) is 0 Å². The molecule has 9 nitrogen and oxygen atoms in total. The van der Waals surface area contributed by atoms with Crippen LogP contribution < -0.4 is 10.0 Å². The number of nitrogens with one attached hydrogen (secondary N) is 2. The maximum absolute atomic E-state index is 14.6. The maximum atomic E-state index is 14.6. The Hall–Kier alpha value is -3.96. The zero-order valence-corrected chi connectivity index (χ0v) is 19.9. The van der Waals surface area contributed by atoms with Crippen LogP contribution in [0.2, 0.25) is 5.02 Å². The highest BCUT2D eigenvalue weighted by Gasteiger charge is 2.20. The molecule has 0 aromatic heterocycles. The van der Waals surface area contributed by atoms with Gasteiger partial charge in [0, 0.05) is 10.6 Å². The van der Waals surface area contributed by atoms with Crippen LogP contribution in [0.3, 0.4) is 0 Å². The van der Waals surface area contributed by atoms with Gasteiger partial charge in [0.1, 0.15) is 5.82 Å². The first-order chi connectivity index (χ1) is 16.5. The molecular weight excluding hydrogens is 503 g/mol. The van der Waals surface area contributed by atoms with Gasteiger partial charge in [0.15, 0.2) is 0 Å². The summed E-state index contributed by atoms with van der Waals surface area (Å²) in [5, 5.41) is 2.77. The molecule has 182 valence electrons. The third kappa shape index (κ3) is 6.14. The lowest BCUT2D eigenvalue weighted by atomic mass is 10.1. The van der Waals surface area contributed by atoms with Gasteiger partial charge in [-0.3, -0.25) is 9.52 Å². The lowest BCUT2D eigenvalue weighted by molar-refractivity contribution is 0.0599. The molecule has 3 rings (SSSR count). The topological polar surface area (TPSA) is 128 Å². The van der Waals surface area contributed by atoms with Gasteiger partial charge in [-0.1, -0.05) is 11.6 Å². The number of sulfonamides is 1. The minimum atomic E-state index is -4.36. The summed E-state index contributed by atoms with van der Waals surface area (Å²) in [6, 6.07) is 12.2. The van der Waals surface area contributed by atoms with Crippen LogP contribution in [-0.2, 0) is 19.5 Å². The van der Waals surface area contributed by atoms with E-state index in [2.05, 4.69) is 19.5 Å². The summed E-state index contributed by atoms with van der Waals surface area (Å²) in [6.07, 6.45) is 0. The average Bonchev–Trinajstić information content (AvgIpc) is 2.83. The third-order valence-electron chi connectivity index (χ3n) is 4.63. The van der Waals surface area contributed by atoms with E-state index >= 15 is 0 Å². The predicted molar refractivity (Wildman–Crippen MR) is 126 cm³/mol. The Kier molecular flexibility index (Phi) is 7.72. The van der Waals surface area contributed by atoms with Gasteiger partial charge in [-0.15, -0.1) is 0 Å². The first-order valence-electron chi connectivity index (χ1n) is 9.75. The van der Waals surface area contributed by atoms with Gasteiger partial charge in [-0.25, -0.2) is 22.4 Å². The van der Waals surface area contributed by atoms with Crippen LogP contribution in [0.5, 0.6) is 0 Å². The summed E-state index contributed by atoms with van der Waals surface area (Å²) in [5.41, 5.74) is -0.406. The summed E-state index contributed by atoms with van der Waals surface area (Å²) < 4.78 is 51.7. The summed E-state index contributed by atoms with van der Waals surface area (Å²) in [7, 11) is -2.12. The van der Waals surface area contributed by atoms with Crippen molar-refractivity contribution in [2.45, 2.75) is 4.90 Å². The number of methoxy groups -OCH3 is 2. The smallest absolute Gasteiger partial charge is 0.337 e. The van der Waals surface area contributed by atoms with E-state index in [0.717, 1.165) is 38.5 Å². The minimum Gasteiger partial charge on any atom is -0.465 e. The highest BCUT2D eigenvalue weighted by molar-refractivity contribution is 7.92. The minimum absolute atomic E-state index is 0.112. The van der Waals surface area contributed by atoms with Gasteiger partial charge in [-0.2, -0.15) is 0 Å². The fourth-order valence-electron chi connectivity index (χ4n) is 2.93. The molecule has 0 radical (unpaired) electrons. The summed E-state index contributed by atoms with van der Waals surface area (Å²) in [5.74, 6) is -3.26. The van der Waals surface area contributed by atoms with Crippen LogP contribution in [0.4, 0.5) is 15.8 Å². The number of halogens is 2. The SMILES string of the molecule is COC(=O)c1cc(NS(=O)(=O)c2ccc(NC(=O)c3ccc(Cl)cc3)c(F)c2)cc(C(=O)OC)c1. The van der Waals surface area contributed by atoms with Crippen LogP contribution >= 0.6 is 11.6 Å². The number of carbonyl (C=O) groups is 3. The van der Waals surface area contributed by atoms with Gasteiger partial charge < -0.3 is 14.8 Å². The molecule has 2 N–H and O–H groups in total. The van der Waals surface area contributed by atoms with E-state index in [1.807, 2.05) is 0 Å². The molecule has 0 aliphatic rings. The first-order valence-corrected chi connectivity index (χ1v) is 11.6. The lowest BCUT2D eigenvalue weighted by Crippen LogP contribution is -2.16. The molecule has 0 aliphatic heterocycles. The average molecular weight is 521 g/mol. The predicted octanol–water partition coefficient (Wildman–Crippen LogP) is 4.11. The Labute approximate surface area is 204 Å². The van der Waals surface area contributed by atoms with E-state index < -0.39 is 38.6 Å². The number of hydrogen-bond acceptors (Lipinski definition) is 7. The molecule has 12 heteroatoms. The molecule has 0 atom stereocenters. The standard InChI is InChI=1S/C23H18ClFN2O7S/c1-33-22(29)14-9-15(23(30)34-2)11-17(10-14)27-35(31,32)18-7-8-20(19(25)12-18)26-21(28)13-3-5-16(24)6-4-13/h3-12,27H,1-2H3,(H,26,28). The van der Waals surface area contributed by atoms with Crippen molar-refractivity contribution in [1.82, 2.24) is 0 Å². The summed E-state index contributed by atoms with van der Waals surface area (Å²) >= 11 is 5.78. The normalized spacial score (nSPS) is 10.9. The van der Waals surface area contributed by atoms with E-state index in [0.29, 0.717) is 11.1 Å². The van der Waals surface area contributed by atoms with Crippen LogP contribution in [0.1, 0.15) is 31.1 Å². The largest absolute Gasteiger partial charge is 0.465 e. The van der Waals surface area contributed by atoms with Crippen molar-refractivity contribution in [3.8, 4) is 0 Å². The van der Waals surface area contributed by atoms with Crippen molar-refractivity contribution in [1.29, 1.82) is 0 Å². The molecule has 0 unspecified atom stereocenters. The molecular formula is C23H18ClFN2O7S. The number of anilines is 2. The Morgan fingerprint density at radius 1 is 0.829 bits per heavy atom. The van der Waals surface area contributed by atoms with E-state index in [-0.39, 0.29) is 28.1 Å². The van der Waals surface area contributed by atoms with Gasteiger partial charge in [0.05, 0.1) is 41.6 Å². The van der Waals surface area contributed by atoms with Crippen molar-refractivity contribution in [3.63, 3.8) is 0 Å². The number of carbonyl (C=O) groups excluding carboxylic acids is 3. The van der Waals surface area contributed by atoms with Gasteiger partial charge in [-0.05, 0) is 60.7 Å². The number of benzene rings is 3. The van der Waals surface area contributed by atoms with Crippen LogP contribution in [0.15, 0.2) is 65.6 Å². The molecule has 0 bridgehead atoms. The number of rotatable bonds is 7. The maximum Gasteiger partial charge on any atom is 0.337 e. The fourth-order valence-corrected chi connectivity index (χ4v) is 4.11. The Morgan fingerprint density at radius 2 is 1.40 bits per heavy atom. The second kappa shape index (κ2) is 10.5. The monoisotopic (exact) mass is 520 g/mol. The summed E-state index contributed by atoms with van der Waals surface area (Å²) in [4.78, 5) is 35.7. The Bertz CT molecular complexity index is 1380. The number of esters is 2. The highest BCUT2D eigenvalue weighted by atomic mass is 35.5. The van der Waals surface area contributed by atoms with Crippen molar-refractivity contribution < 1.29 is 36.7 Å².